The smallest absolute Gasteiger partial charge is 0.256 e. The van der Waals surface area contributed by atoms with Gasteiger partial charge in [-0.2, -0.15) is 0 Å². The fourth-order valence-electron chi connectivity index (χ4n) is 1.57. The van der Waals surface area contributed by atoms with E-state index in [1.165, 1.54) is 0 Å². The number of nitrogens with one attached hydrogen (secondary N) is 1. The summed E-state index contributed by atoms with van der Waals surface area (Å²) in [5.74, 6) is -0.188. The molecule has 1 heterocycles. The molecule has 0 fully saturated rings. The number of nitrogens with two attached hydrogens (primary N) is 1. The summed E-state index contributed by atoms with van der Waals surface area (Å²) in [5.41, 5.74) is 8.41. The summed E-state index contributed by atoms with van der Waals surface area (Å²) in [6, 6.07) is 7.01. The van der Waals surface area contributed by atoms with Gasteiger partial charge in [-0.1, -0.05) is 6.07 Å². The van der Waals surface area contributed by atoms with Crippen molar-refractivity contribution in [3.63, 3.8) is 0 Å². The molecule has 5 heteroatoms. The second-order valence-electron chi connectivity index (χ2n) is 3.83. The number of amides is 1. The Labute approximate surface area is 113 Å². The molecule has 18 heavy (non-hydrogen) atoms. The van der Waals surface area contributed by atoms with Crippen LogP contribution in [-0.2, 0) is 0 Å². The second-order valence-corrected chi connectivity index (χ2v) is 4.68. The molecule has 0 unspecified atom stereocenters. The number of anilines is 2. The molecule has 0 atom stereocenters. The third kappa shape index (κ3) is 2.51. The Bertz CT molecular complexity index is 599. The lowest BCUT2D eigenvalue weighted by Gasteiger charge is -2.10. The third-order valence-electron chi connectivity index (χ3n) is 2.64. The van der Waals surface area contributed by atoms with E-state index in [4.69, 9.17) is 5.73 Å². The lowest BCUT2D eigenvalue weighted by molar-refractivity contribution is 0.102. The van der Waals surface area contributed by atoms with E-state index in [9.17, 15) is 4.79 Å². The first kappa shape index (κ1) is 12.6. The number of rotatable bonds is 2. The minimum atomic E-state index is -0.188. The van der Waals surface area contributed by atoms with E-state index in [-0.39, 0.29) is 5.91 Å². The summed E-state index contributed by atoms with van der Waals surface area (Å²) in [5, 5.41) is 2.81. The Kier molecular flexibility index (Phi) is 3.62. The molecule has 0 aliphatic heterocycles. The monoisotopic (exact) mass is 305 g/mol. The van der Waals surface area contributed by atoms with Gasteiger partial charge in [0, 0.05) is 23.6 Å². The standard InChI is InChI=1S/C13H12BrN3O/c1-8-9(3-2-4-11(8)15)13(18)17-12-5-6-16-7-10(12)14/h2-7H,15H2,1H3,(H,16,17,18). The number of benzene rings is 1. The Morgan fingerprint density at radius 2 is 2.17 bits per heavy atom. The highest BCUT2D eigenvalue weighted by Gasteiger charge is 2.11. The normalized spacial score (nSPS) is 10.1. The highest BCUT2D eigenvalue weighted by atomic mass is 79.9. The lowest BCUT2D eigenvalue weighted by atomic mass is 10.1. The van der Waals surface area contributed by atoms with Gasteiger partial charge in [0.25, 0.3) is 5.91 Å². The number of carbonyl (C=O) groups excluding carboxylic acids is 1. The number of pyridine rings is 1. The molecular weight excluding hydrogens is 294 g/mol. The fraction of sp³-hybridized carbons (Fsp3) is 0.0769. The van der Waals surface area contributed by atoms with E-state index in [1.54, 1.807) is 36.7 Å². The summed E-state index contributed by atoms with van der Waals surface area (Å²) in [6.07, 6.45) is 3.24. The van der Waals surface area contributed by atoms with Crippen molar-refractivity contribution in [2.24, 2.45) is 0 Å². The zero-order valence-electron chi connectivity index (χ0n) is 9.77. The molecule has 3 N–H and O–H groups in total. The molecule has 2 rings (SSSR count). The number of nitrogen functional groups attached to an aromatic ring is 1. The van der Waals surface area contributed by atoms with Gasteiger partial charge in [0.05, 0.1) is 10.2 Å². The van der Waals surface area contributed by atoms with Crippen LogP contribution in [0.4, 0.5) is 11.4 Å². The average Bonchev–Trinajstić information content (AvgIpc) is 2.35. The maximum atomic E-state index is 12.1. The zero-order chi connectivity index (χ0) is 13.1. The van der Waals surface area contributed by atoms with Crippen LogP contribution >= 0.6 is 15.9 Å². The van der Waals surface area contributed by atoms with Crippen LogP contribution in [-0.4, -0.2) is 10.9 Å². The average molecular weight is 306 g/mol. The number of nitrogens with zero attached hydrogens (tertiary/aromatic N) is 1. The SMILES string of the molecule is Cc1c(N)cccc1C(=O)Nc1ccncc1Br. The van der Waals surface area contributed by atoms with Crippen molar-refractivity contribution in [2.75, 3.05) is 11.1 Å². The third-order valence-corrected chi connectivity index (χ3v) is 3.27. The second kappa shape index (κ2) is 5.18. The molecule has 92 valence electrons. The van der Waals surface area contributed by atoms with Crippen LogP contribution in [0.2, 0.25) is 0 Å². The molecule has 1 aromatic carbocycles. The van der Waals surface area contributed by atoms with Gasteiger partial charge in [-0.25, -0.2) is 0 Å². The molecule has 0 aliphatic carbocycles. The Morgan fingerprint density at radius 3 is 2.89 bits per heavy atom. The van der Waals surface area contributed by atoms with Gasteiger partial charge in [0.1, 0.15) is 0 Å². The van der Waals surface area contributed by atoms with Crippen LogP contribution in [0.1, 0.15) is 15.9 Å². The van der Waals surface area contributed by atoms with Crippen molar-refractivity contribution in [2.45, 2.75) is 6.92 Å². The summed E-state index contributed by atoms with van der Waals surface area (Å²) in [7, 11) is 0. The van der Waals surface area contributed by atoms with Gasteiger partial charge in [0.15, 0.2) is 0 Å². The number of halogens is 1. The largest absolute Gasteiger partial charge is 0.398 e. The van der Waals surface area contributed by atoms with E-state index in [1.807, 2.05) is 6.92 Å². The Hall–Kier alpha value is -1.88. The maximum absolute atomic E-state index is 12.1. The van der Waals surface area contributed by atoms with E-state index in [0.29, 0.717) is 16.9 Å². The number of hydrogen-bond donors (Lipinski definition) is 2. The van der Waals surface area contributed by atoms with E-state index >= 15 is 0 Å². The van der Waals surface area contributed by atoms with E-state index < -0.39 is 0 Å². The van der Waals surface area contributed by atoms with E-state index in [0.717, 1.165) is 10.0 Å². The summed E-state index contributed by atoms with van der Waals surface area (Å²) >= 11 is 3.33. The van der Waals surface area contributed by atoms with Gasteiger partial charge < -0.3 is 11.1 Å². The minimum Gasteiger partial charge on any atom is -0.398 e. The van der Waals surface area contributed by atoms with Crippen molar-refractivity contribution in [3.8, 4) is 0 Å². The first-order valence-corrected chi connectivity index (χ1v) is 6.15. The summed E-state index contributed by atoms with van der Waals surface area (Å²) < 4.78 is 0.736. The number of aromatic nitrogens is 1. The van der Waals surface area contributed by atoms with Crippen molar-refractivity contribution >= 4 is 33.2 Å². The maximum Gasteiger partial charge on any atom is 0.256 e. The molecule has 1 amide bonds. The van der Waals surface area contributed by atoms with Gasteiger partial charge in [0.2, 0.25) is 0 Å². The predicted molar refractivity (Wildman–Crippen MR) is 75.5 cm³/mol. The van der Waals surface area contributed by atoms with Gasteiger partial charge in [-0.05, 0) is 46.6 Å². The molecule has 2 aromatic rings. The molecule has 0 aliphatic rings. The Balaban J connectivity index is 2.28. The van der Waals surface area contributed by atoms with E-state index in [2.05, 4.69) is 26.2 Å². The first-order valence-electron chi connectivity index (χ1n) is 5.35. The van der Waals surface area contributed by atoms with Crippen molar-refractivity contribution < 1.29 is 4.79 Å². The van der Waals surface area contributed by atoms with Crippen LogP contribution in [0.15, 0.2) is 41.1 Å². The molecule has 0 radical (unpaired) electrons. The van der Waals surface area contributed by atoms with Crippen LogP contribution in [0.25, 0.3) is 0 Å². The molecule has 1 aromatic heterocycles. The molecule has 0 spiro atoms. The molecule has 0 saturated heterocycles. The van der Waals surface area contributed by atoms with Gasteiger partial charge in [-0.3, -0.25) is 9.78 Å². The fourth-order valence-corrected chi connectivity index (χ4v) is 1.92. The quantitative estimate of drug-likeness (QED) is 0.838. The molecule has 0 bridgehead atoms. The summed E-state index contributed by atoms with van der Waals surface area (Å²) in [6.45, 7) is 1.83. The zero-order valence-corrected chi connectivity index (χ0v) is 11.4. The van der Waals surface area contributed by atoms with Crippen LogP contribution < -0.4 is 11.1 Å². The Morgan fingerprint density at radius 1 is 1.39 bits per heavy atom. The lowest BCUT2D eigenvalue weighted by Crippen LogP contribution is -2.14. The van der Waals surface area contributed by atoms with Crippen molar-refractivity contribution in [3.05, 3.63) is 52.3 Å². The molecule has 4 nitrogen and oxygen atoms in total. The number of hydrogen-bond acceptors (Lipinski definition) is 3. The number of carbonyl (C=O) groups is 1. The summed E-state index contributed by atoms with van der Waals surface area (Å²) in [4.78, 5) is 16.1. The van der Waals surface area contributed by atoms with Crippen molar-refractivity contribution in [1.82, 2.24) is 4.98 Å². The predicted octanol–water partition coefficient (Wildman–Crippen LogP) is 2.99. The van der Waals surface area contributed by atoms with Crippen LogP contribution in [0.5, 0.6) is 0 Å². The van der Waals surface area contributed by atoms with Gasteiger partial charge >= 0.3 is 0 Å². The topological polar surface area (TPSA) is 68.0 Å². The van der Waals surface area contributed by atoms with Gasteiger partial charge in [-0.15, -0.1) is 0 Å². The molecular formula is C13H12BrN3O. The first-order chi connectivity index (χ1) is 8.59. The molecule has 0 saturated carbocycles. The van der Waals surface area contributed by atoms with Crippen molar-refractivity contribution in [1.29, 1.82) is 0 Å². The van der Waals surface area contributed by atoms with Crippen LogP contribution in [0.3, 0.4) is 0 Å². The minimum absolute atomic E-state index is 0.188. The highest BCUT2D eigenvalue weighted by molar-refractivity contribution is 9.10. The van der Waals surface area contributed by atoms with Crippen LogP contribution in [0, 0.1) is 6.92 Å². The highest BCUT2D eigenvalue weighted by Crippen LogP contribution is 2.22.